The van der Waals surface area contributed by atoms with Crippen molar-refractivity contribution in [3.05, 3.63) is 0 Å². The molecule has 1 heterocycles. The Morgan fingerprint density at radius 2 is 1.91 bits per heavy atom. The molecular formula is C14H24N2O5S. The SMILES string of the molecule is CCNS(=O)(=O)C1CCN(C(=O)C2CCCC(C(=O)O)C2)C1. The molecule has 1 saturated heterocycles. The van der Waals surface area contributed by atoms with Crippen molar-refractivity contribution in [2.24, 2.45) is 11.8 Å². The van der Waals surface area contributed by atoms with Crippen LogP contribution in [0.15, 0.2) is 0 Å². The molecule has 0 aromatic carbocycles. The van der Waals surface area contributed by atoms with Gasteiger partial charge in [0.25, 0.3) is 0 Å². The average molecular weight is 332 g/mol. The zero-order chi connectivity index (χ0) is 16.3. The number of nitrogens with one attached hydrogen (secondary N) is 1. The van der Waals surface area contributed by atoms with Crippen LogP contribution in [-0.4, -0.2) is 55.2 Å². The summed E-state index contributed by atoms with van der Waals surface area (Å²) in [5, 5.41) is 8.54. The largest absolute Gasteiger partial charge is 0.481 e. The minimum atomic E-state index is -3.37. The Morgan fingerprint density at radius 1 is 1.23 bits per heavy atom. The summed E-state index contributed by atoms with van der Waals surface area (Å²) >= 11 is 0. The maximum Gasteiger partial charge on any atom is 0.306 e. The minimum Gasteiger partial charge on any atom is -0.481 e. The van der Waals surface area contributed by atoms with E-state index in [0.717, 1.165) is 6.42 Å². The summed E-state index contributed by atoms with van der Waals surface area (Å²) in [6.45, 7) is 2.71. The fourth-order valence-electron chi connectivity index (χ4n) is 3.40. The molecule has 1 amide bonds. The lowest BCUT2D eigenvalue weighted by atomic mass is 9.81. The number of aliphatic carboxylic acids is 1. The number of carboxylic acids is 1. The van der Waals surface area contributed by atoms with Gasteiger partial charge in [-0.2, -0.15) is 0 Å². The highest BCUT2D eigenvalue weighted by atomic mass is 32.2. The fourth-order valence-corrected chi connectivity index (χ4v) is 4.83. The smallest absolute Gasteiger partial charge is 0.306 e. The lowest BCUT2D eigenvalue weighted by Gasteiger charge is -2.29. The summed E-state index contributed by atoms with van der Waals surface area (Å²) < 4.78 is 26.5. The lowest BCUT2D eigenvalue weighted by molar-refractivity contribution is -0.145. The van der Waals surface area contributed by atoms with E-state index in [1.807, 2.05) is 0 Å². The number of carbonyl (C=O) groups excluding carboxylic acids is 1. The van der Waals surface area contributed by atoms with Crippen molar-refractivity contribution in [3.63, 3.8) is 0 Å². The number of carbonyl (C=O) groups is 2. The van der Waals surface area contributed by atoms with E-state index >= 15 is 0 Å². The summed E-state index contributed by atoms with van der Waals surface area (Å²) in [5.41, 5.74) is 0. The molecule has 2 aliphatic rings. The van der Waals surface area contributed by atoms with Crippen molar-refractivity contribution in [2.75, 3.05) is 19.6 Å². The van der Waals surface area contributed by atoms with E-state index < -0.39 is 27.2 Å². The monoisotopic (exact) mass is 332 g/mol. The fraction of sp³-hybridized carbons (Fsp3) is 0.857. The van der Waals surface area contributed by atoms with E-state index in [0.29, 0.717) is 38.8 Å². The second-order valence-electron chi connectivity index (χ2n) is 6.14. The van der Waals surface area contributed by atoms with Crippen LogP contribution < -0.4 is 4.72 Å². The molecule has 2 fully saturated rings. The molecule has 0 spiro atoms. The van der Waals surface area contributed by atoms with Gasteiger partial charge in [-0.1, -0.05) is 13.3 Å². The maximum atomic E-state index is 12.5. The Bertz CT molecular complexity index is 533. The molecular weight excluding hydrogens is 308 g/mol. The Hall–Kier alpha value is -1.15. The van der Waals surface area contributed by atoms with Crippen LogP contribution in [0.1, 0.15) is 39.0 Å². The van der Waals surface area contributed by atoms with Gasteiger partial charge < -0.3 is 10.0 Å². The third kappa shape index (κ3) is 3.78. The first kappa shape index (κ1) is 17.2. The van der Waals surface area contributed by atoms with Gasteiger partial charge >= 0.3 is 5.97 Å². The van der Waals surface area contributed by atoms with Crippen molar-refractivity contribution in [1.82, 2.24) is 9.62 Å². The molecule has 126 valence electrons. The summed E-state index contributed by atoms with van der Waals surface area (Å²) in [5.74, 6) is -1.66. The molecule has 3 atom stereocenters. The number of hydrogen-bond donors (Lipinski definition) is 2. The van der Waals surface area contributed by atoms with Crippen LogP contribution in [-0.2, 0) is 19.6 Å². The van der Waals surface area contributed by atoms with Crippen molar-refractivity contribution in [2.45, 2.75) is 44.3 Å². The van der Waals surface area contributed by atoms with Gasteiger partial charge in [-0.15, -0.1) is 0 Å². The molecule has 0 aromatic rings. The molecule has 1 saturated carbocycles. The molecule has 1 aliphatic carbocycles. The molecule has 22 heavy (non-hydrogen) atoms. The standard InChI is InChI=1S/C14H24N2O5S/c1-2-15-22(20,21)12-6-7-16(9-12)13(17)10-4-3-5-11(8-10)14(18)19/h10-12,15H,2-9H2,1H3,(H,18,19). The molecule has 8 heteroatoms. The van der Waals surface area contributed by atoms with Gasteiger partial charge in [0.2, 0.25) is 15.9 Å². The molecule has 3 unspecified atom stereocenters. The highest BCUT2D eigenvalue weighted by Gasteiger charge is 2.39. The van der Waals surface area contributed by atoms with E-state index in [4.69, 9.17) is 5.11 Å². The third-order valence-electron chi connectivity index (χ3n) is 4.61. The van der Waals surface area contributed by atoms with Gasteiger partial charge in [-0.05, 0) is 25.7 Å². The van der Waals surface area contributed by atoms with E-state index in [1.165, 1.54) is 0 Å². The number of nitrogens with zero attached hydrogens (tertiary/aromatic N) is 1. The topological polar surface area (TPSA) is 104 Å². The summed E-state index contributed by atoms with van der Waals surface area (Å²) in [4.78, 5) is 25.2. The number of likely N-dealkylation sites (tertiary alicyclic amines) is 1. The van der Waals surface area contributed by atoms with Crippen LogP contribution in [0.5, 0.6) is 0 Å². The maximum absolute atomic E-state index is 12.5. The van der Waals surface area contributed by atoms with Crippen LogP contribution in [0.3, 0.4) is 0 Å². The van der Waals surface area contributed by atoms with Crippen LogP contribution in [0.4, 0.5) is 0 Å². The predicted molar refractivity (Wildman–Crippen MR) is 80.7 cm³/mol. The van der Waals surface area contributed by atoms with Crippen molar-refractivity contribution in [1.29, 1.82) is 0 Å². The highest BCUT2D eigenvalue weighted by molar-refractivity contribution is 7.90. The van der Waals surface area contributed by atoms with Gasteiger partial charge in [0.1, 0.15) is 0 Å². The second-order valence-corrected chi connectivity index (χ2v) is 8.18. The van der Waals surface area contributed by atoms with Crippen LogP contribution >= 0.6 is 0 Å². The van der Waals surface area contributed by atoms with Gasteiger partial charge in [-0.25, -0.2) is 13.1 Å². The number of carboxylic acid groups (broad SMARTS) is 1. The van der Waals surface area contributed by atoms with E-state index in [9.17, 15) is 18.0 Å². The Morgan fingerprint density at radius 3 is 2.55 bits per heavy atom. The average Bonchev–Trinajstić information content (AvgIpc) is 2.97. The lowest BCUT2D eigenvalue weighted by Crippen LogP contribution is -2.40. The van der Waals surface area contributed by atoms with Gasteiger partial charge in [0.15, 0.2) is 0 Å². The van der Waals surface area contributed by atoms with E-state index in [2.05, 4.69) is 4.72 Å². The molecule has 2 rings (SSSR count). The van der Waals surface area contributed by atoms with Gasteiger partial charge in [0.05, 0.1) is 11.2 Å². The number of sulfonamides is 1. The molecule has 7 nitrogen and oxygen atoms in total. The van der Waals surface area contributed by atoms with Crippen molar-refractivity contribution < 1.29 is 23.1 Å². The highest BCUT2D eigenvalue weighted by Crippen LogP contribution is 2.31. The first-order chi connectivity index (χ1) is 10.3. The summed E-state index contributed by atoms with van der Waals surface area (Å²) in [6.07, 6.45) is 2.87. The van der Waals surface area contributed by atoms with E-state index in [-0.39, 0.29) is 18.4 Å². The van der Waals surface area contributed by atoms with Crippen molar-refractivity contribution >= 4 is 21.9 Å². The normalized spacial score (nSPS) is 29.5. The first-order valence-corrected chi connectivity index (χ1v) is 9.39. The minimum absolute atomic E-state index is 0.0832. The van der Waals surface area contributed by atoms with Crippen LogP contribution in [0, 0.1) is 11.8 Å². The van der Waals surface area contributed by atoms with Crippen LogP contribution in [0.25, 0.3) is 0 Å². The zero-order valence-corrected chi connectivity index (χ0v) is 13.6. The Kier molecular flexibility index (Phi) is 5.44. The van der Waals surface area contributed by atoms with Gasteiger partial charge in [0, 0.05) is 25.6 Å². The summed E-state index contributed by atoms with van der Waals surface area (Å²) in [6, 6.07) is 0. The van der Waals surface area contributed by atoms with Crippen molar-refractivity contribution in [3.8, 4) is 0 Å². The molecule has 2 N–H and O–H groups in total. The predicted octanol–water partition coefficient (Wildman–Crippen LogP) is 0.418. The first-order valence-electron chi connectivity index (χ1n) is 7.85. The molecule has 0 radical (unpaired) electrons. The second kappa shape index (κ2) is 6.95. The Balaban J connectivity index is 1.95. The van der Waals surface area contributed by atoms with Gasteiger partial charge in [-0.3, -0.25) is 9.59 Å². The quantitative estimate of drug-likeness (QED) is 0.759. The molecule has 0 bridgehead atoms. The number of hydrogen-bond acceptors (Lipinski definition) is 4. The summed E-state index contributed by atoms with van der Waals surface area (Å²) in [7, 11) is -3.37. The third-order valence-corrected chi connectivity index (χ3v) is 6.57. The molecule has 0 aromatic heterocycles. The van der Waals surface area contributed by atoms with Crippen LogP contribution in [0.2, 0.25) is 0 Å². The number of amides is 1. The molecule has 1 aliphatic heterocycles. The number of rotatable bonds is 5. The zero-order valence-electron chi connectivity index (χ0n) is 12.8. The Labute approximate surface area is 131 Å². The van der Waals surface area contributed by atoms with E-state index in [1.54, 1.807) is 11.8 Å².